The maximum Gasteiger partial charge on any atom is 0.113 e. The molecule has 2 heterocycles. The van der Waals surface area contributed by atoms with Crippen LogP contribution < -0.4 is 0 Å². The van der Waals surface area contributed by atoms with Gasteiger partial charge in [0.25, 0.3) is 0 Å². The van der Waals surface area contributed by atoms with Gasteiger partial charge in [-0.2, -0.15) is 0 Å². The number of nitrogens with zero attached hydrogens (tertiary/aromatic N) is 6. The van der Waals surface area contributed by atoms with Gasteiger partial charge >= 0.3 is 0 Å². The fraction of sp³-hybridized carbons (Fsp3) is 0.0625. The second-order valence-electron chi connectivity index (χ2n) is 9.46. The Bertz CT molecular complexity index is 1730. The van der Waals surface area contributed by atoms with Gasteiger partial charge in [0.2, 0.25) is 0 Å². The number of hydrogen-bond donors (Lipinski definition) is 0. The summed E-state index contributed by atoms with van der Waals surface area (Å²) in [4.78, 5) is 0. The lowest BCUT2D eigenvalue weighted by Gasteiger charge is -2.06. The number of hydrogen-bond acceptors (Lipinski definition) is 4. The standard InChI is InChI=1S/C32H24N6/c1-3-13-29-23(7-1)9-5-11-27(29)19-37-21-31(33-35-37)25-15-17-26(18-16-25)32-22-38(36-34-32)20-28-12-6-10-24-8-2-4-14-30(24)28/h1-18,21-22H,19-20H2. The fourth-order valence-corrected chi connectivity index (χ4v) is 5.04. The molecule has 38 heavy (non-hydrogen) atoms. The van der Waals surface area contributed by atoms with Crippen LogP contribution in [0, 0.1) is 0 Å². The summed E-state index contributed by atoms with van der Waals surface area (Å²) in [6, 6.07) is 37.8. The molecular formula is C32H24N6. The van der Waals surface area contributed by atoms with E-state index in [4.69, 9.17) is 0 Å². The van der Waals surface area contributed by atoms with E-state index in [0.29, 0.717) is 13.1 Å². The predicted molar refractivity (Wildman–Crippen MR) is 151 cm³/mol. The average molecular weight is 493 g/mol. The summed E-state index contributed by atoms with van der Waals surface area (Å²) >= 11 is 0. The molecule has 0 fully saturated rings. The largest absolute Gasteiger partial charge is 0.247 e. The first-order chi connectivity index (χ1) is 18.8. The third-order valence-corrected chi connectivity index (χ3v) is 6.98. The molecule has 0 aliphatic carbocycles. The van der Waals surface area contributed by atoms with Crippen molar-refractivity contribution in [3.63, 3.8) is 0 Å². The van der Waals surface area contributed by atoms with Crippen LogP contribution in [0.2, 0.25) is 0 Å². The van der Waals surface area contributed by atoms with Crippen LogP contribution in [0.15, 0.2) is 122 Å². The Labute approximate surface area is 219 Å². The highest BCUT2D eigenvalue weighted by Crippen LogP contribution is 2.24. The Morgan fingerprint density at radius 1 is 0.447 bits per heavy atom. The molecule has 0 N–H and O–H groups in total. The van der Waals surface area contributed by atoms with Crippen molar-refractivity contribution in [2.75, 3.05) is 0 Å². The van der Waals surface area contributed by atoms with Crippen LogP contribution in [0.25, 0.3) is 44.1 Å². The number of fused-ring (bicyclic) bond motifs is 2. The lowest BCUT2D eigenvalue weighted by molar-refractivity contribution is 0.652. The Morgan fingerprint density at radius 3 is 1.34 bits per heavy atom. The van der Waals surface area contributed by atoms with Crippen LogP contribution in [0.4, 0.5) is 0 Å². The van der Waals surface area contributed by atoms with Crippen molar-refractivity contribution in [3.8, 4) is 22.5 Å². The molecule has 0 aliphatic heterocycles. The minimum atomic E-state index is 0.673. The van der Waals surface area contributed by atoms with Crippen molar-refractivity contribution < 1.29 is 0 Å². The quantitative estimate of drug-likeness (QED) is 0.262. The molecule has 6 nitrogen and oxygen atoms in total. The second-order valence-corrected chi connectivity index (χ2v) is 9.46. The molecular weight excluding hydrogens is 468 g/mol. The van der Waals surface area contributed by atoms with Crippen molar-refractivity contribution in [1.82, 2.24) is 30.0 Å². The maximum atomic E-state index is 4.42. The number of benzene rings is 5. The third-order valence-electron chi connectivity index (χ3n) is 6.98. The summed E-state index contributed by atoms with van der Waals surface area (Å²) in [5.74, 6) is 0. The minimum absolute atomic E-state index is 0.673. The van der Waals surface area contributed by atoms with Gasteiger partial charge in [0.15, 0.2) is 0 Å². The van der Waals surface area contributed by atoms with Crippen LogP contribution in [0.5, 0.6) is 0 Å². The molecule has 0 saturated carbocycles. The first-order valence-electron chi connectivity index (χ1n) is 12.6. The van der Waals surface area contributed by atoms with Crippen molar-refractivity contribution >= 4 is 21.5 Å². The molecule has 0 amide bonds. The van der Waals surface area contributed by atoms with Gasteiger partial charge in [0, 0.05) is 11.1 Å². The van der Waals surface area contributed by atoms with Gasteiger partial charge in [-0.05, 0) is 32.7 Å². The SMILES string of the molecule is c1ccc2c(Cn3cc(-c4ccc(-c5cn(Cc6cccc7ccccc67)nn5)cc4)nn3)cccc2c1. The summed E-state index contributed by atoms with van der Waals surface area (Å²) in [6.07, 6.45) is 3.99. The first-order valence-corrected chi connectivity index (χ1v) is 12.6. The molecule has 0 unspecified atom stereocenters. The van der Waals surface area contributed by atoms with Crippen molar-refractivity contribution in [1.29, 1.82) is 0 Å². The molecule has 7 aromatic rings. The Hall–Kier alpha value is -5.10. The molecule has 182 valence electrons. The highest BCUT2D eigenvalue weighted by molar-refractivity contribution is 5.86. The van der Waals surface area contributed by atoms with Gasteiger partial charge in [-0.25, -0.2) is 9.36 Å². The summed E-state index contributed by atoms with van der Waals surface area (Å²) in [6.45, 7) is 1.35. The van der Waals surface area contributed by atoms with Crippen molar-refractivity contribution in [2.24, 2.45) is 0 Å². The Balaban J connectivity index is 1.08. The monoisotopic (exact) mass is 492 g/mol. The van der Waals surface area contributed by atoms with E-state index in [-0.39, 0.29) is 0 Å². The summed E-state index contributed by atoms with van der Waals surface area (Å²) < 4.78 is 3.79. The van der Waals surface area contributed by atoms with Crippen LogP contribution >= 0.6 is 0 Å². The molecule has 5 aromatic carbocycles. The zero-order valence-corrected chi connectivity index (χ0v) is 20.6. The topological polar surface area (TPSA) is 61.4 Å². The molecule has 0 aliphatic rings. The molecule has 0 spiro atoms. The van der Waals surface area contributed by atoms with Crippen LogP contribution in [-0.2, 0) is 13.1 Å². The highest BCUT2D eigenvalue weighted by Gasteiger charge is 2.10. The molecule has 7 rings (SSSR count). The van der Waals surface area contributed by atoms with E-state index in [2.05, 4.69) is 130 Å². The molecule has 6 heteroatoms. The minimum Gasteiger partial charge on any atom is -0.247 e. The van der Waals surface area contributed by atoms with E-state index >= 15 is 0 Å². The average Bonchev–Trinajstić information content (AvgIpc) is 3.64. The first kappa shape index (κ1) is 22.1. The number of aromatic nitrogens is 6. The lowest BCUT2D eigenvalue weighted by atomic mass is 10.0. The zero-order valence-electron chi connectivity index (χ0n) is 20.6. The van der Waals surface area contributed by atoms with Gasteiger partial charge in [0.1, 0.15) is 11.4 Å². The zero-order chi connectivity index (χ0) is 25.3. The molecule has 0 atom stereocenters. The summed E-state index contributed by atoms with van der Waals surface area (Å²) in [7, 11) is 0. The fourth-order valence-electron chi connectivity index (χ4n) is 5.04. The van der Waals surface area contributed by atoms with Crippen molar-refractivity contribution in [3.05, 3.63) is 133 Å². The number of rotatable bonds is 6. The van der Waals surface area contributed by atoms with Gasteiger partial charge in [-0.1, -0.05) is 120 Å². The van der Waals surface area contributed by atoms with E-state index in [1.165, 1.54) is 32.7 Å². The molecule has 0 saturated heterocycles. The Kier molecular flexibility index (Phi) is 5.48. The van der Waals surface area contributed by atoms with E-state index in [1.54, 1.807) is 0 Å². The van der Waals surface area contributed by atoms with Gasteiger partial charge in [-0.15, -0.1) is 10.2 Å². The van der Waals surface area contributed by atoms with E-state index < -0.39 is 0 Å². The second kappa shape index (κ2) is 9.41. The summed E-state index contributed by atoms with van der Waals surface area (Å²) in [5.41, 5.74) is 6.16. The summed E-state index contributed by atoms with van der Waals surface area (Å²) in [5, 5.41) is 22.5. The van der Waals surface area contributed by atoms with Crippen LogP contribution in [0.3, 0.4) is 0 Å². The predicted octanol–water partition coefficient (Wildman–Crippen LogP) is 6.61. The van der Waals surface area contributed by atoms with Crippen LogP contribution in [0.1, 0.15) is 11.1 Å². The van der Waals surface area contributed by atoms with Gasteiger partial charge < -0.3 is 0 Å². The van der Waals surface area contributed by atoms with Gasteiger partial charge in [0.05, 0.1) is 25.5 Å². The van der Waals surface area contributed by atoms with Crippen LogP contribution in [-0.4, -0.2) is 30.0 Å². The van der Waals surface area contributed by atoms with Crippen molar-refractivity contribution in [2.45, 2.75) is 13.1 Å². The lowest BCUT2D eigenvalue weighted by Crippen LogP contribution is -2.01. The smallest absolute Gasteiger partial charge is 0.113 e. The van der Waals surface area contributed by atoms with Gasteiger partial charge in [-0.3, -0.25) is 0 Å². The maximum absolute atomic E-state index is 4.42. The third kappa shape index (κ3) is 4.22. The molecule has 0 radical (unpaired) electrons. The molecule has 2 aromatic heterocycles. The Morgan fingerprint density at radius 2 is 0.868 bits per heavy atom. The normalized spacial score (nSPS) is 11.4. The highest BCUT2D eigenvalue weighted by atomic mass is 15.4. The van der Waals surface area contributed by atoms with E-state index in [0.717, 1.165) is 22.5 Å². The van der Waals surface area contributed by atoms with E-state index in [9.17, 15) is 0 Å². The van der Waals surface area contributed by atoms with E-state index in [1.807, 2.05) is 21.8 Å². The molecule has 0 bridgehead atoms.